The van der Waals surface area contributed by atoms with Crippen LogP contribution < -0.4 is 4.65 Å². The van der Waals surface area contributed by atoms with Gasteiger partial charge in [0, 0.05) is 0 Å². The molecule has 0 saturated heterocycles. The zero-order valence-corrected chi connectivity index (χ0v) is 9.40. The van der Waals surface area contributed by atoms with Gasteiger partial charge in [0.15, 0.2) is 0 Å². The molecule has 1 aromatic carbocycles. The molecule has 0 amide bonds. The molecule has 3 nitrogen and oxygen atoms in total. The van der Waals surface area contributed by atoms with Crippen molar-refractivity contribution in [2.45, 2.75) is 27.2 Å². The molecule has 15 heavy (non-hydrogen) atoms. The zero-order valence-electron chi connectivity index (χ0n) is 9.40. The lowest BCUT2D eigenvalue weighted by Gasteiger charge is -2.15. The fraction of sp³-hybridized carbons (Fsp3) is 0.455. The van der Waals surface area contributed by atoms with Crippen LogP contribution in [-0.2, 0) is 6.42 Å². The summed E-state index contributed by atoms with van der Waals surface area (Å²) in [6, 6.07) is 5.79. The third-order valence-corrected chi connectivity index (χ3v) is 2.14. The fourth-order valence-electron chi connectivity index (χ4n) is 1.59. The molecule has 0 spiro atoms. The first-order valence-electron chi connectivity index (χ1n) is 5.12. The lowest BCUT2D eigenvalue weighted by atomic mass is 9.99. The minimum absolute atomic E-state index is 0.505. The van der Waals surface area contributed by atoms with Crippen molar-refractivity contribution in [3.8, 4) is 5.75 Å². The molecule has 0 aliphatic heterocycles. The molecule has 0 aliphatic rings. The lowest BCUT2D eigenvalue weighted by Crippen LogP contribution is -2.22. The maximum Gasteiger partial charge on any atom is 0.707 e. The van der Waals surface area contributed by atoms with E-state index in [0.717, 1.165) is 17.5 Å². The van der Waals surface area contributed by atoms with E-state index in [-0.39, 0.29) is 0 Å². The van der Waals surface area contributed by atoms with E-state index in [4.69, 9.17) is 14.7 Å². The Morgan fingerprint density at radius 3 is 2.53 bits per heavy atom. The Morgan fingerprint density at radius 1 is 1.33 bits per heavy atom. The van der Waals surface area contributed by atoms with Crippen LogP contribution in [0, 0.1) is 12.8 Å². The van der Waals surface area contributed by atoms with E-state index in [1.807, 2.05) is 25.1 Å². The molecular formula is C11H17BO3. The molecule has 0 radical (unpaired) electrons. The lowest BCUT2D eigenvalue weighted by molar-refractivity contribution is 0.285. The standard InChI is InChI=1S/C11H17BO3/c1-8(2)7-10-6-4-5-9(3)11(10)15-12(13)14/h4-6,8,13-14H,7H2,1-3H3. The summed E-state index contributed by atoms with van der Waals surface area (Å²) in [5.74, 6) is 1.09. The number of benzene rings is 1. The summed E-state index contributed by atoms with van der Waals surface area (Å²) in [5.41, 5.74) is 1.93. The number of hydrogen-bond acceptors (Lipinski definition) is 3. The van der Waals surface area contributed by atoms with Crippen LogP contribution in [0.1, 0.15) is 25.0 Å². The highest BCUT2D eigenvalue weighted by atomic mass is 16.6. The average Bonchev–Trinajstić information content (AvgIpc) is 2.09. The van der Waals surface area contributed by atoms with Gasteiger partial charge in [-0.3, -0.25) is 0 Å². The van der Waals surface area contributed by atoms with Crippen molar-refractivity contribution < 1.29 is 14.7 Å². The van der Waals surface area contributed by atoms with Crippen LogP contribution in [0.3, 0.4) is 0 Å². The highest BCUT2D eigenvalue weighted by Crippen LogP contribution is 2.25. The smallest absolute Gasteiger partial charge is 0.512 e. The Morgan fingerprint density at radius 2 is 2.00 bits per heavy atom. The van der Waals surface area contributed by atoms with Gasteiger partial charge >= 0.3 is 7.32 Å². The van der Waals surface area contributed by atoms with Gasteiger partial charge in [-0.1, -0.05) is 32.0 Å². The van der Waals surface area contributed by atoms with Crippen LogP contribution in [0.15, 0.2) is 18.2 Å². The van der Waals surface area contributed by atoms with Gasteiger partial charge in [0.1, 0.15) is 5.75 Å². The molecule has 1 rings (SSSR count). The Kier molecular flexibility index (Phi) is 4.18. The van der Waals surface area contributed by atoms with E-state index in [0.29, 0.717) is 11.7 Å². The molecule has 0 fully saturated rings. The van der Waals surface area contributed by atoms with Crippen molar-refractivity contribution in [1.82, 2.24) is 0 Å². The molecule has 0 saturated carbocycles. The van der Waals surface area contributed by atoms with Crippen molar-refractivity contribution in [3.05, 3.63) is 29.3 Å². The molecular weight excluding hydrogens is 191 g/mol. The van der Waals surface area contributed by atoms with E-state index in [1.54, 1.807) is 0 Å². The normalized spacial score (nSPS) is 10.5. The molecule has 0 atom stereocenters. The third-order valence-electron chi connectivity index (χ3n) is 2.14. The maximum absolute atomic E-state index is 8.82. The molecule has 0 aromatic heterocycles. The quantitative estimate of drug-likeness (QED) is 0.738. The molecule has 82 valence electrons. The highest BCUT2D eigenvalue weighted by Gasteiger charge is 2.16. The number of aryl methyl sites for hydroxylation is 1. The number of rotatable bonds is 4. The van der Waals surface area contributed by atoms with Crippen LogP contribution in [0.2, 0.25) is 0 Å². The second-order valence-electron chi connectivity index (χ2n) is 4.11. The van der Waals surface area contributed by atoms with Gasteiger partial charge < -0.3 is 14.7 Å². The second kappa shape index (κ2) is 5.19. The molecule has 2 N–H and O–H groups in total. The fourth-order valence-corrected chi connectivity index (χ4v) is 1.59. The van der Waals surface area contributed by atoms with E-state index >= 15 is 0 Å². The molecule has 0 bridgehead atoms. The Bertz CT molecular complexity index is 324. The predicted octanol–water partition coefficient (Wildman–Crippen LogP) is 1.54. The second-order valence-corrected chi connectivity index (χ2v) is 4.11. The summed E-state index contributed by atoms with van der Waals surface area (Å²) in [6.07, 6.45) is 0.865. The van der Waals surface area contributed by atoms with Gasteiger partial charge in [-0.05, 0) is 30.4 Å². The third kappa shape index (κ3) is 3.57. The molecule has 0 aliphatic carbocycles. The predicted molar refractivity (Wildman–Crippen MR) is 60.5 cm³/mol. The van der Waals surface area contributed by atoms with E-state index in [2.05, 4.69) is 13.8 Å². The number of hydrogen-bond donors (Lipinski definition) is 2. The van der Waals surface area contributed by atoms with Crippen molar-refractivity contribution >= 4 is 7.32 Å². The van der Waals surface area contributed by atoms with E-state index in [9.17, 15) is 0 Å². The van der Waals surface area contributed by atoms with Crippen molar-refractivity contribution in [2.24, 2.45) is 5.92 Å². The van der Waals surface area contributed by atoms with E-state index in [1.165, 1.54) is 0 Å². The van der Waals surface area contributed by atoms with Gasteiger partial charge in [-0.2, -0.15) is 0 Å². The summed E-state index contributed by atoms with van der Waals surface area (Å²) in [5, 5.41) is 17.6. The monoisotopic (exact) mass is 208 g/mol. The summed E-state index contributed by atoms with van der Waals surface area (Å²) in [6.45, 7) is 6.12. The van der Waals surface area contributed by atoms with Crippen LogP contribution in [0.25, 0.3) is 0 Å². The van der Waals surface area contributed by atoms with Crippen molar-refractivity contribution in [2.75, 3.05) is 0 Å². The summed E-state index contributed by atoms with van der Waals surface area (Å²) >= 11 is 0. The first kappa shape index (κ1) is 12.1. The van der Waals surface area contributed by atoms with Gasteiger partial charge in [0.25, 0.3) is 0 Å². The largest absolute Gasteiger partial charge is 0.707 e. The Balaban J connectivity index is 2.97. The van der Waals surface area contributed by atoms with Crippen LogP contribution >= 0.6 is 0 Å². The molecule has 0 heterocycles. The minimum Gasteiger partial charge on any atom is -0.512 e. The first-order valence-corrected chi connectivity index (χ1v) is 5.12. The minimum atomic E-state index is -1.75. The van der Waals surface area contributed by atoms with E-state index < -0.39 is 7.32 Å². The van der Waals surface area contributed by atoms with Crippen molar-refractivity contribution in [3.63, 3.8) is 0 Å². The van der Waals surface area contributed by atoms with Crippen LogP contribution in [-0.4, -0.2) is 17.4 Å². The summed E-state index contributed by atoms with van der Waals surface area (Å²) < 4.78 is 4.99. The SMILES string of the molecule is Cc1cccc(CC(C)C)c1OB(O)O. The van der Waals surface area contributed by atoms with Crippen LogP contribution in [0.5, 0.6) is 5.75 Å². The van der Waals surface area contributed by atoms with Crippen LogP contribution in [0.4, 0.5) is 0 Å². The highest BCUT2D eigenvalue weighted by molar-refractivity contribution is 6.33. The number of para-hydroxylation sites is 1. The average molecular weight is 208 g/mol. The van der Waals surface area contributed by atoms with Crippen molar-refractivity contribution in [1.29, 1.82) is 0 Å². The Hall–Kier alpha value is -0.995. The topological polar surface area (TPSA) is 49.7 Å². The molecule has 0 unspecified atom stereocenters. The molecule has 4 heteroatoms. The zero-order chi connectivity index (χ0) is 11.4. The van der Waals surface area contributed by atoms with Gasteiger partial charge in [0.05, 0.1) is 0 Å². The van der Waals surface area contributed by atoms with Gasteiger partial charge in [0.2, 0.25) is 0 Å². The summed E-state index contributed by atoms with van der Waals surface area (Å²) in [7, 11) is -1.75. The summed E-state index contributed by atoms with van der Waals surface area (Å²) in [4.78, 5) is 0. The molecule has 1 aromatic rings. The Labute approximate surface area is 90.9 Å². The van der Waals surface area contributed by atoms with Gasteiger partial charge in [-0.25, -0.2) is 0 Å². The first-order chi connectivity index (χ1) is 7.00. The maximum atomic E-state index is 8.82. The van der Waals surface area contributed by atoms with Gasteiger partial charge in [-0.15, -0.1) is 0 Å².